The van der Waals surface area contributed by atoms with Crippen LogP contribution in [0.1, 0.15) is 16.1 Å². The van der Waals surface area contributed by atoms with E-state index in [0.29, 0.717) is 15.7 Å². The Labute approximate surface area is 129 Å². The number of aromatic nitrogens is 2. The highest BCUT2D eigenvalue weighted by Gasteiger charge is 2.19. The summed E-state index contributed by atoms with van der Waals surface area (Å²) < 4.78 is 4.08. The van der Waals surface area contributed by atoms with Crippen molar-refractivity contribution >= 4 is 60.2 Å². The van der Waals surface area contributed by atoms with Gasteiger partial charge in [0.1, 0.15) is 5.69 Å². The van der Waals surface area contributed by atoms with Crippen molar-refractivity contribution in [2.75, 3.05) is 0 Å². The van der Waals surface area contributed by atoms with E-state index in [1.165, 1.54) is 0 Å². The number of rotatable bonds is 2. The molecule has 2 rings (SSSR count). The second-order valence-electron chi connectivity index (χ2n) is 3.42. The Morgan fingerprint density at radius 2 is 2.06 bits per heavy atom. The monoisotopic (exact) mass is 468 g/mol. The second kappa shape index (κ2) is 5.19. The van der Waals surface area contributed by atoms with Gasteiger partial charge in [0.25, 0.3) is 0 Å². The Hall–Kier alpha value is -0.210. The lowest BCUT2D eigenvalue weighted by Gasteiger charge is -2.05. The van der Waals surface area contributed by atoms with Crippen molar-refractivity contribution in [3.8, 4) is 0 Å². The van der Waals surface area contributed by atoms with Crippen molar-refractivity contribution in [2.45, 2.75) is 0 Å². The maximum absolute atomic E-state index is 12.4. The first-order valence-corrected chi connectivity index (χ1v) is 7.34. The summed E-state index contributed by atoms with van der Waals surface area (Å²) in [5, 5.41) is 4.05. The third-order valence-electron chi connectivity index (χ3n) is 2.28. The van der Waals surface area contributed by atoms with E-state index in [0.717, 1.165) is 8.04 Å². The molecule has 1 heterocycles. The van der Waals surface area contributed by atoms with Gasteiger partial charge in [-0.1, -0.05) is 15.9 Å². The third-order valence-corrected chi connectivity index (χ3v) is 4.23. The molecule has 0 fully saturated rings. The van der Waals surface area contributed by atoms with Crippen LogP contribution in [0.25, 0.3) is 0 Å². The van der Waals surface area contributed by atoms with Crippen molar-refractivity contribution in [1.82, 2.24) is 9.78 Å². The quantitative estimate of drug-likeness (QED) is 0.495. The van der Waals surface area contributed by atoms with Crippen LogP contribution in [0.4, 0.5) is 0 Å². The van der Waals surface area contributed by atoms with Crippen LogP contribution in [-0.2, 0) is 7.05 Å². The summed E-state index contributed by atoms with van der Waals surface area (Å²) in [4.78, 5) is 12.4. The molecular formula is C11H7Br2IN2O. The predicted molar refractivity (Wildman–Crippen MR) is 81.2 cm³/mol. The predicted octanol–water partition coefficient (Wildman–Crippen LogP) is 3.78. The molecule has 6 heteroatoms. The zero-order valence-corrected chi connectivity index (χ0v) is 14.1. The molecule has 2 aromatic rings. The zero-order chi connectivity index (χ0) is 12.6. The van der Waals surface area contributed by atoms with Crippen LogP contribution in [0, 0.1) is 3.57 Å². The zero-order valence-electron chi connectivity index (χ0n) is 8.75. The lowest BCUT2D eigenvalue weighted by molar-refractivity contribution is 0.102. The molecule has 0 spiro atoms. The van der Waals surface area contributed by atoms with Gasteiger partial charge in [0.05, 0.1) is 10.7 Å². The van der Waals surface area contributed by atoms with Crippen LogP contribution in [0.3, 0.4) is 0 Å². The first-order valence-electron chi connectivity index (χ1n) is 4.68. The average Bonchev–Trinajstić information content (AvgIpc) is 2.61. The third kappa shape index (κ3) is 2.63. The molecule has 0 amide bonds. The molecule has 1 aromatic carbocycles. The van der Waals surface area contributed by atoms with Gasteiger partial charge in [0, 0.05) is 20.7 Å². The standard InChI is InChI=1S/C11H7Br2IN2O/c1-16-10(9(13)5-15-16)11(17)7-4-6(14)2-3-8(7)12/h2-5H,1H3. The Morgan fingerprint density at radius 1 is 1.35 bits per heavy atom. The van der Waals surface area contributed by atoms with Gasteiger partial charge >= 0.3 is 0 Å². The summed E-state index contributed by atoms with van der Waals surface area (Å²) in [6.07, 6.45) is 1.62. The van der Waals surface area contributed by atoms with Crippen molar-refractivity contribution in [3.63, 3.8) is 0 Å². The van der Waals surface area contributed by atoms with E-state index in [1.54, 1.807) is 17.9 Å². The fraction of sp³-hybridized carbons (Fsp3) is 0.0909. The van der Waals surface area contributed by atoms with Crippen molar-refractivity contribution in [3.05, 3.63) is 48.2 Å². The highest BCUT2D eigenvalue weighted by Crippen LogP contribution is 2.25. The van der Waals surface area contributed by atoms with Crippen LogP contribution in [0.2, 0.25) is 0 Å². The molecule has 0 saturated heterocycles. The minimum atomic E-state index is -0.0535. The Balaban J connectivity index is 2.55. The maximum Gasteiger partial charge on any atom is 0.213 e. The fourth-order valence-electron chi connectivity index (χ4n) is 1.47. The topological polar surface area (TPSA) is 34.9 Å². The minimum Gasteiger partial charge on any atom is -0.287 e. The SMILES string of the molecule is Cn1ncc(Br)c1C(=O)c1cc(I)ccc1Br. The van der Waals surface area contributed by atoms with Gasteiger partial charge in [0.2, 0.25) is 5.78 Å². The lowest BCUT2D eigenvalue weighted by atomic mass is 10.1. The molecule has 0 unspecified atom stereocenters. The number of nitrogens with zero attached hydrogens (tertiary/aromatic N) is 2. The average molecular weight is 470 g/mol. The fourth-order valence-corrected chi connectivity index (χ4v) is 2.91. The number of hydrogen-bond acceptors (Lipinski definition) is 2. The van der Waals surface area contributed by atoms with Crippen LogP contribution in [0.5, 0.6) is 0 Å². The van der Waals surface area contributed by atoms with E-state index >= 15 is 0 Å². The Bertz CT molecular complexity index is 576. The molecule has 0 bridgehead atoms. The summed E-state index contributed by atoms with van der Waals surface area (Å²) in [7, 11) is 1.75. The lowest BCUT2D eigenvalue weighted by Crippen LogP contribution is -2.09. The van der Waals surface area contributed by atoms with Gasteiger partial charge in [-0.2, -0.15) is 5.10 Å². The van der Waals surface area contributed by atoms with E-state index < -0.39 is 0 Å². The van der Waals surface area contributed by atoms with Crippen LogP contribution >= 0.6 is 54.5 Å². The summed E-state index contributed by atoms with van der Waals surface area (Å²) in [6, 6.07) is 5.67. The van der Waals surface area contributed by atoms with E-state index in [2.05, 4.69) is 59.5 Å². The van der Waals surface area contributed by atoms with Gasteiger partial charge < -0.3 is 0 Å². The molecule has 17 heavy (non-hydrogen) atoms. The summed E-state index contributed by atoms with van der Waals surface area (Å²) in [5.74, 6) is -0.0535. The highest BCUT2D eigenvalue weighted by molar-refractivity contribution is 14.1. The van der Waals surface area contributed by atoms with Gasteiger partial charge in [0.15, 0.2) is 0 Å². The molecule has 0 atom stereocenters. The van der Waals surface area contributed by atoms with Crippen LogP contribution in [0.15, 0.2) is 33.3 Å². The molecule has 3 nitrogen and oxygen atoms in total. The smallest absolute Gasteiger partial charge is 0.213 e. The molecule has 88 valence electrons. The number of benzene rings is 1. The molecule has 1 aromatic heterocycles. The normalized spacial score (nSPS) is 10.6. The van der Waals surface area contributed by atoms with Crippen LogP contribution < -0.4 is 0 Å². The van der Waals surface area contributed by atoms with E-state index in [9.17, 15) is 4.79 Å². The maximum atomic E-state index is 12.4. The first kappa shape index (κ1) is 13.2. The van der Waals surface area contributed by atoms with Crippen molar-refractivity contribution < 1.29 is 4.79 Å². The van der Waals surface area contributed by atoms with Crippen LogP contribution in [-0.4, -0.2) is 15.6 Å². The molecule has 0 radical (unpaired) electrons. The van der Waals surface area contributed by atoms with Crippen molar-refractivity contribution in [2.24, 2.45) is 7.05 Å². The second-order valence-corrected chi connectivity index (χ2v) is 6.37. The number of halogens is 3. The largest absolute Gasteiger partial charge is 0.287 e. The van der Waals surface area contributed by atoms with Gasteiger partial charge in [-0.05, 0) is 56.7 Å². The summed E-state index contributed by atoms with van der Waals surface area (Å²) in [5.41, 5.74) is 1.19. The number of carbonyl (C=O) groups is 1. The molecule has 0 N–H and O–H groups in total. The van der Waals surface area contributed by atoms with Crippen molar-refractivity contribution in [1.29, 1.82) is 0 Å². The van der Waals surface area contributed by atoms with Gasteiger partial charge in [-0.3, -0.25) is 9.48 Å². The molecular weight excluding hydrogens is 463 g/mol. The molecule has 0 saturated carbocycles. The number of hydrogen-bond donors (Lipinski definition) is 0. The molecule has 0 aliphatic heterocycles. The number of ketones is 1. The Morgan fingerprint density at radius 3 is 2.65 bits per heavy atom. The van der Waals surface area contributed by atoms with Gasteiger partial charge in [-0.25, -0.2) is 0 Å². The summed E-state index contributed by atoms with van der Waals surface area (Å²) >= 11 is 8.92. The highest BCUT2D eigenvalue weighted by atomic mass is 127. The molecule has 0 aliphatic rings. The van der Waals surface area contributed by atoms with E-state index in [4.69, 9.17) is 0 Å². The number of carbonyl (C=O) groups excluding carboxylic acids is 1. The van der Waals surface area contributed by atoms with Gasteiger partial charge in [-0.15, -0.1) is 0 Å². The summed E-state index contributed by atoms with van der Waals surface area (Å²) in [6.45, 7) is 0. The number of aryl methyl sites for hydroxylation is 1. The Kier molecular flexibility index (Phi) is 4.04. The molecule has 0 aliphatic carbocycles. The first-order chi connectivity index (χ1) is 8.00. The van der Waals surface area contributed by atoms with E-state index in [-0.39, 0.29) is 5.78 Å². The van der Waals surface area contributed by atoms with E-state index in [1.807, 2.05) is 18.2 Å². The minimum absolute atomic E-state index is 0.0535.